The van der Waals surface area contributed by atoms with Crippen LogP contribution in [-0.4, -0.2) is 42.4 Å². The van der Waals surface area contributed by atoms with Crippen LogP contribution in [0.5, 0.6) is 0 Å². The monoisotopic (exact) mass is 232 g/mol. The maximum atomic E-state index is 11.8. The minimum atomic E-state index is 0.217. The molecule has 0 rings (SSSR count). The van der Waals surface area contributed by atoms with E-state index in [0.717, 1.165) is 12.2 Å². The second-order valence-corrected chi connectivity index (χ2v) is 4.98. The zero-order valence-corrected chi connectivity index (χ0v) is 11.1. The van der Waals surface area contributed by atoms with Crippen molar-refractivity contribution in [3.63, 3.8) is 0 Å². The van der Waals surface area contributed by atoms with Gasteiger partial charge in [-0.15, -0.1) is 0 Å². The van der Waals surface area contributed by atoms with Crippen molar-refractivity contribution in [3.05, 3.63) is 0 Å². The Labute approximate surface area is 97.8 Å². The summed E-state index contributed by atoms with van der Waals surface area (Å²) >= 11 is 1.79. The Kier molecular flexibility index (Phi) is 7.88. The van der Waals surface area contributed by atoms with Crippen LogP contribution in [-0.2, 0) is 4.79 Å². The molecule has 0 aliphatic carbocycles. The highest BCUT2D eigenvalue weighted by Crippen LogP contribution is 2.11. The lowest BCUT2D eigenvalue weighted by Crippen LogP contribution is -2.39. The van der Waals surface area contributed by atoms with Gasteiger partial charge in [-0.2, -0.15) is 11.8 Å². The second-order valence-electron chi connectivity index (χ2n) is 4.07. The Morgan fingerprint density at radius 3 is 2.53 bits per heavy atom. The Bertz CT molecular complexity index is 187. The van der Waals surface area contributed by atoms with E-state index >= 15 is 0 Å². The minimum Gasteiger partial charge on any atom is -0.342 e. The highest BCUT2D eigenvalue weighted by molar-refractivity contribution is 7.98. The van der Waals surface area contributed by atoms with Crippen molar-refractivity contribution in [2.24, 2.45) is 11.7 Å². The third-order valence-corrected chi connectivity index (χ3v) is 3.41. The first-order valence-electron chi connectivity index (χ1n) is 5.51. The van der Waals surface area contributed by atoms with Crippen molar-refractivity contribution in [1.82, 2.24) is 4.90 Å². The molecule has 2 atom stereocenters. The van der Waals surface area contributed by atoms with Crippen molar-refractivity contribution < 1.29 is 4.79 Å². The van der Waals surface area contributed by atoms with E-state index in [-0.39, 0.29) is 11.8 Å². The molecule has 0 heterocycles. The average Bonchev–Trinajstić information content (AvgIpc) is 2.24. The Hall–Kier alpha value is -0.220. The first-order valence-corrected chi connectivity index (χ1v) is 6.90. The molecule has 0 aromatic rings. The van der Waals surface area contributed by atoms with Crippen LogP contribution in [0.2, 0.25) is 0 Å². The van der Waals surface area contributed by atoms with Gasteiger partial charge in [-0.25, -0.2) is 0 Å². The normalized spacial score (nSPS) is 14.7. The number of amides is 1. The van der Waals surface area contributed by atoms with Gasteiger partial charge in [-0.3, -0.25) is 4.79 Å². The summed E-state index contributed by atoms with van der Waals surface area (Å²) in [6.07, 6.45) is 3.65. The molecule has 0 fully saturated rings. The molecule has 15 heavy (non-hydrogen) atoms. The van der Waals surface area contributed by atoms with E-state index in [4.69, 9.17) is 5.73 Å². The lowest BCUT2D eigenvalue weighted by Gasteiger charge is -2.27. The van der Waals surface area contributed by atoms with E-state index in [0.29, 0.717) is 19.0 Å². The highest BCUT2D eigenvalue weighted by Gasteiger charge is 2.19. The minimum absolute atomic E-state index is 0.217. The molecule has 3 nitrogen and oxygen atoms in total. The lowest BCUT2D eigenvalue weighted by atomic mass is 10.1. The number of rotatable bonds is 7. The molecule has 0 aliphatic heterocycles. The second kappa shape index (κ2) is 7.99. The van der Waals surface area contributed by atoms with Crippen LogP contribution in [0.3, 0.4) is 0 Å². The molecule has 0 aromatic heterocycles. The van der Waals surface area contributed by atoms with Gasteiger partial charge in [-0.05, 0) is 25.1 Å². The standard InChI is InChI=1S/C11H24N2OS/c1-5-10(8-15-4)13(3)11(14)6-9(2)7-12/h9-10H,5-8,12H2,1-4H3. The van der Waals surface area contributed by atoms with E-state index in [9.17, 15) is 4.79 Å². The Morgan fingerprint density at radius 2 is 2.13 bits per heavy atom. The Balaban J connectivity index is 4.15. The zero-order chi connectivity index (χ0) is 11.8. The van der Waals surface area contributed by atoms with Gasteiger partial charge >= 0.3 is 0 Å². The van der Waals surface area contributed by atoms with E-state index in [1.54, 1.807) is 11.8 Å². The molecule has 0 aromatic carbocycles. The molecule has 1 amide bonds. The van der Waals surface area contributed by atoms with Crippen LogP contribution >= 0.6 is 11.8 Å². The SMILES string of the molecule is CCC(CSC)N(C)C(=O)CC(C)CN. The molecule has 4 heteroatoms. The molecule has 0 saturated heterocycles. The summed E-state index contributed by atoms with van der Waals surface area (Å²) in [5, 5.41) is 0. The van der Waals surface area contributed by atoms with Gasteiger partial charge < -0.3 is 10.6 Å². The van der Waals surface area contributed by atoms with Crippen LogP contribution in [0.4, 0.5) is 0 Å². The summed E-state index contributed by atoms with van der Waals surface area (Å²) in [4.78, 5) is 13.7. The van der Waals surface area contributed by atoms with Crippen LogP contribution in [0.1, 0.15) is 26.7 Å². The molecule has 2 unspecified atom stereocenters. The fourth-order valence-electron chi connectivity index (χ4n) is 1.42. The van der Waals surface area contributed by atoms with Gasteiger partial charge in [-0.1, -0.05) is 13.8 Å². The van der Waals surface area contributed by atoms with Gasteiger partial charge in [0.05, 0.1) is 0 Å². The van der Waals surface area contributed by atoms with Gasteiger partial charge in [0.25, 0.3) is 0 Å². The molecule has 2 N–H and O–H groups in total. The summed E-state index contributed by atoms with van der Waals surface area (Å²) in [7, 11) is 1.90. The third-order valence-electron chi connectivity index (χ3n) is 2.70. The number of thioether (sulfide) groups is 1. The highest BCUT2D eigenvalue weighted by atomic mass is 32.2. The largest absolute Gasteiger partial charge is 0.342 e. The molecule has 90 valence electrons. The van der Waals surface area contributed by atoms with Gasteiger partial charge in [0.1, 0.15) is 0 Å². The quantitative estimate of drug-likeness (QED) is 0.725. The summed E-state index contributed by atoms with van der Waals surface area (Å²) in [5.41, 5.74) is 5.51. The van der Waals surface area contributed by atoms with E-state index in [1.807, 2.05) is 18.9 Å². The number of hydrogen-bond donors (Lipinski definition) is 1. The number of nitrogens with two attached hydrogens (primary N) is 1. The first-order chi connectivity index (χ1) is 7.06. The van der Waals surface area contributed by atoms with E-state index < -0.39 is 0 Å². The zero-order valence-electron chi connectivity index (χ0n) is 10.3. The first kappa shape index (κ1) is 14.8. The maximum absolute atomic E-state index is 11.8. The van der Waals surface area contributed by atoms with Crippen LogP contribution < -0.4 is 5.73 Å². The summed E-state index contributed by atoms with van der Waals surface area (Å²) in [6, 6.07) is 0.359. The molecule has 0 radical (unpaired) electrons. The average molecular weight is 232 g/mol. The number of hydrogen-bond acceptors (Lipinski definition) is 3. The lowest BCUT2D eigenvalue weighted by molar-refractivity contribution is -0.132. The van der Waals surface area contributed by atoms with E-state index in [1.165, 1.54) is 0 Å². The molecule has 0 aliphatic rings. The van der Waals surface area contributed by atoms with E-state index in [2.05, 4.69) is 13.2 Å². The molecule has 0 bridgehead atoms. The number of carbonyl (C=O) groups excluding carboxylic acids is 1. The van der Waals surface area contributed by atoms with Crippen LogP contribution in [0.15, 0.2) is 0 Å². The van der Waals surface area contributed by atoms with Crippen molar-refractivity contribution in [1.29, 1.82) is 0 Å². The molecule has 0 saturated carbocycles. The maximum Gasteiger partial charge on any atom is 0.222 e. The fraction of sp³-hybridized carbons (Fsp3) is 0.909. The molecular weight excluding hydrogens is 208 g/mol. The summed E-state index contributed by atoms with van der Waals surface area (Å²) < 4.78 is 0. The van der Waals surface area contributed by atoms with Crippen molar-refractivity contribution in [2.75, 3.05) is 25.6 Å². The van der Waals surface area contributed by atoms with Crippen molar-refractivity contribution in [2.45, 2.75) is 32.7 Å². The third kappa shape index (κ3) is 5.42. The molecule has 0 spiro atoms. The fourth-order valence-corrected chi connectivity index (χ4v) is 2.27. The van der Waals surface area contributed by atoms with Gasteiger partial charge in [0.2, 0.25) is 5.91 Å². The van der Waals surface area contributed by atoms with Crippen LogP contribution in [0, 0.1) is 5.92 Å². The predicted molar refractivity (Wildman–Crippen MR) is 68.1 cm³/mol. The summed E-state index contributed by atoms with van der Waals surface area (Å²) in [6.45, 7) is 4.72. The molecular formula is C11H24N2OS. The topological polar surface area (TPSA) is 46.3 Å². The van der Waals surface area contributed by atoms with Crippen molar-refractivity contribution >= 4 is 17.7 Å². The summed E-state index contributed by atoms with van der Waals surface area (Å²) in [5.74, 6) is 1.51. The number of carbonyl (C=O) groups is 1. The number of nitrogens with zero attached hydrogens (tertiary/aromatic N) is 1. The van der Waals surface area contributed by atoms with Gasteiger partial charge in [0, 0.05) is 25.3 Å². The smallest absolute Gasteiger partial charge is 0.222 e. The predicted octanol–water partition coefficient (Wildman–Crippen LogP) is 1.57. The van der Waals surface area contributed by atoms with Crippen LogP contribution in [0.25, 0.3) is 0 Å². The van der Waals surface area contributed by atoms with Crippen molar-refractivity contribution in [3.8, 4) is 0 Å². The Morgan fingerprint density at radius 1 is 1.53 bits per heavy atom. The van der Waals surface area contributed by atoms with Gasteiger partial charge in [0.15, 0.2) is 0 Å².